The molecule has 1 nitrogen and oxygen atoms in total. The Kier molecular flexibility index (Phi) is 5.66. The minimum atomic E-state index is 0. The molecule has 1 N–H and O–H groups in total. The number of hydrogen-bond donors (Lipinski definition) is 1. The van der Waals surface area contributed by atoms with Crippen molar-refractivity contribution in [3.63, 3.8) is 0 Å². The second kappa shape index (κ2) is 5.31. The molecular formula is C11H23Br2N. The van der Waals surface area contributed by atoms with Gasteiger partial charge in [-0.15, -0.1) is 17.0 Å². The molecule has 0 unspecified atom stereocenters. The lowest BCUT2D eigenvalue weighted by Gasteiger charge is -2.46. The largest absolute Gasteiger partial charge is 0.307 e. The Morgan fingerprint density at radius 2 is 1.57 bits per heavy atom. The molecule has 3 heteroatoms. The molecule has 1 heterocycles. The zero-order chi connectivity index (χ0) is 10.1. The molecule has 0 bridgehead atoms. The molecule has 1 aliphatic rings. The van der Waals surface area contributed by atoms with E-state index in [2.05, 4.69) is 48.9 Å². The number of rotatable bonds is 2. The van der Waals surface area contributed by atoms with E-state index in [1.165, 1.54) is 19.3 Å². The first-order valence-electron chi connectivity index (χ1n) is 5.20. The molecule has 0 aromatic heterocycles. The lowest BCUT2D eigenvalue weighted by Crippen LogP contribution is -2.57. The third-order valence-corrected chi connectivity index (χ3v) is 3.25. The fourth-order valence-electron chi connectivity index (χ4n) is 2.89. The molecule has 0 aromatic rings. The Morgan fingerprint density at radius 1 is 1.14 bits per heavy atom. The fraction of sp³-hybridized carbons (Fsp3) is 1.00. The van der Waals surface area contributed by atoms with Crippen LogP contribution in [0.25, 0.3) is 0 Å². The quantitative estimate of drug-likeness (QED) is 0.758. The van der Waals surface area contributed by atoms with Crippen molar-refractivity contribution < 1.29 is 0 Å². The van der Waals surface area contributed by atoms with Crippen LogP contribution in [0.2, 0.25) is 0 Å². The Morgan fingerprint density at radius 3 is 1.93 bits per heavy atom. The van der Waals surface area contributed by atoms with Crippen LogP contribution >= 0.6 is 32.9 Å². The van der Waals surface area contributed by atoms with Crippen LogP contribution in [-0.4, -0.2) is 16.4 Å². The van der Waals surface area contributed by atoms with Crippen molar-refractivity contribution in [3.8, 4) is 0 Å². The summed E-state index contributed by atoms with van der Waals surface area (Å²) in [5.74, 6) is 0.880. The monoisotopic (exact) mass is 327 g/mol. The van der Waals surface area contributed by atoms with Gasteiger partial charge >= 0.3 is 0 Å². The Balaban J connectivity index is 0.00000169. The predicted molar refractivity (Wildman–Crippen MR) is 72.8 cm³/mol. The van der Waals surface area contributed by atoms with Crippen LogP contribution in [0.1, 0.15) is 47.0 Å². The van der Waals surface area contributed by atoms with Gasteiger partial charge in [0, 0.05) is 16.4 Å². The second-order valence-corrected chi connectivity index (χ2v) is 6.44. The van der Waals surface area contributed by atoms with Gasteiger partial charge in [-0.1, -0.05) is 15.9 Å². The summed E-state index contributed by atoms with van der Waals surface area (Å²) in [4.78, 5) is 0. The zero-order valence-corrected chi connectivity index (χ0v) is 13.0. The van der Waals surface area contributed by atoms with Crippen LogP contribution in [0.5, 0.6) is 0 Å². The van der Waals surface area contributed by atoms with E-state index in [-0.39, 0.29) is 17.0 Å². The highest BCUT2D eigenvalue weighted by Gasteiger charge is 2.36. The van der Waals surface area contributed by atoms with E-state index in [1.54, 1.807) is 0 Å². The van der Waals surface area contributed by atoms with Crippen LogP contribution < -0.4 is 5.32 Å². The third-order valence-electron chi connectivity index (χ3n) is 2.79. The number of piperidine rings is 1. The van der Waals surface area contributed by atoms with Crippen LogP contribution in [0.15, 0.2) is 0 Å². The number of hydrogen-bond acceptors (Lipinski definition) is 1. The molecule has 0 aliphatic carbocycles. The summed E-state index contributed by atoms with van der Waals surface area (Å²) in [6, 6.07) is 0. The minimum absolute atomic E-state index is 0. The number of alkyl halides is 1. The van der Waals surface area contributed by atoms with Crippen molar-refractivity contribution in [2.75, 3.05) is 5.33 Å². The first-order chi connectivity index (χ1) is 5.85. The van der Waals surface area contributed by atoms with Crippen molar-refractivity contribution in [3.05, 3.63) is 0 Å². The van der Waals surface area contributed by atoms with Crippen LogP contribution in [0.4, 0.5) is 0 Å². The summed E-state index contributed by atoms with van der Waals surface area (Å²) in [5.41, 5.74) is 0.628. The third kappa shape index (κ3) is 4.63. The zero-order valence-electron chi connectivity index (χ0n) is 9.69. The van der Waals surface area contributed by atoms with Crippen LogP contribution in [0, 0.1) is 5.92 Å². The summed E-state index contributed by atoms with van der Waals surface area (Å²) < 4.78 is 0. The summed E-state index contributed by atoms with van der Waals surface area (Å²) in [5, 5.41) is 4.85. The highest BCUT2D eigenvalue weighted by atomic mass is 79.9. The topological polar surface area (TPSA) is 12.0 Å². The molecule has 0 amide bonds. The fourth-order valence-corrected chi connectivity index (χ4v) is 3.54. The van der Waals surface area contributed by atoms with Gasteiger partial charge in [0.15, 0.2) is 0 Å². The molecule has 0 radical (unpaired) electrons. The molecule has 0 saturated carbocycles. The van der Waals surface area contributed by atoms with E-state index >= 15 is 0 Å². The SMILES string of the molecule is Br.CC1(C)CC(CCBr)CC(C)(C)N1. The summed E-state index contributed by atoms with van der Waals surface area (Å²) >= 11 is 3.54. The first-order valence-corrected chi connectivity index (χ1v) is 6.32. The standard InChI is InChI=1S/C11H22BrN.BrH/c1-10(2)7-9(5-6-12)8-11(3,4)13-10;/h9,13H,5-8H2,1-4H3;1H. The van der Waals surface area contributed by atoms with Gasteiger partial charge in [0.2, 0.25) is 0 Å². The van der Waals surface area contributed by atoms with E-state index in [0.29, 0.717) is 11.1 Å². The van der Waals surface area contributed by atoms with Crippen molar-refractivity contribution in [1.29, 1.82) is 0 Å². The number of halogens is 2. The van der Waals surface area contributed by atoms with Crippen LogP contribution in [0.3, 0.4) is 0 Å². The van der Waals surface area contributed by atoms with E-state index in [4.69, 9.17) is 0 Å². The Labute approximate surface area is 107 Å². The maximum absolute atomic E-state index is 3.71. The molecule has 0 atom stereocenters. The van der Waals surface area contributed by atoms with Gasteiger partial charge in [0.05, 0.1) is 0 Å². The van der Waals surface area contributed by atoms with Gasteiger partial charge in [-0.25, -0.2) is 0 Å². The molecule has 1 aliphatic heterocycles. The van der Waals surface area contributed by atoms with Gasteiger partial charge in [-0.3, -0.25) is 0 Å². The highest BCUT2D eigenvalue weighted by molar-refractivity contribution is 9.09. The van der Waals surface area contributed by atoms with Gasteiger partial charge in [0.25, 0.3) is 0 Å². The molecule has 0 aromatic carbocycles. The molecule has 1 rings (SSSR count). The van der Waals surface area contributed by atoms with Crippen molar-refractivity contribution in [2.24, 2.45) is 5.92 Å². The van der Waals surface area contributed by atoms with Crippen molar-refractivity contribution >= 4 is 32.9 Å². The van der Waals surface area contributed by atoms with E-state index < -0.39 is 0 Å². The Bertz CT molecular complexity index is 162. The summed E-state index contributed by atoms with van der Waals surface area (Å²) in [6.07, 6.45) is 3.93. The van der Waals surface area contributed by atoms with Gasteiger partial charge in [-0.2, -0.15) is 0 Å². The highest BCUT2D eigenvalue weighted by Crippen LogP contribution is 2.34. The summed E-state index contributed by atoms with van der Waals surface area (Å²) in [7, 11) is 0. The maximum Gasteiger partial charge on any atom is 0.0132 e. The molecule has 1 fully saturated rings. The average molecular weight is 329 g/mol. The first kappa shape index (κ1) is 14.9. The molecule has 0 spiro atoms. The van der Waals surface area contributed by atoms with Gasteiger partial charge in [0.1, 0.15) is 0 Å². The number of nitrogens with one attached hydrogen (secondary N) is 1. The molecule has 14 heavy (non-hydrogen) atoms. The maximum atomic E-state index is 3.71. The lowest BCUT2D eigenvalue weighted by molar-refractivity contribution is 0.127. The molecule has 1 saturated heterocycles. The van der Waals surface area contributed by atoms with E-state index in [9.17, 15) is 0 Å². The Hall–Kier alpha value is 0.920. The predicted octanol–water partition coefficient (Wildman–Crippen LogP) is 3.91. The second-order valence-electron chi connectivity index (χ2n) is 5.64. The molecular weight excluding hydrogens is 306 g/mol. The van der Waals surface area contributed by atoms with Gasteiger partial charge < -0.3 is 5.32 Å². The van der Waals surface area contributed by atoms with Crippen molar-refractivity contribution in [1.82, 2.24) is 5.32 Å². The van der Waals surface area contributed by atoms with E-state index in [1.807, 2.05) is 0 Å². The average Bonchev–Trinajstić information content (AvgIpc) is 1.78. The van der Waals surface area contributed by atoms with Gasteiger partial charge in [-0.05, 0) is 52.9 Å². The minimum Gasteiger partial charge on any atom is -0.307 e. The van der Waals surface area contributed by atoms with Crippen LogP contribution in [-0.2, 0) is 0 Å². The smallest absolute Gasteiger partial charge is 0.0132 e. The summed E-state index contributed by atoms with van der Waals surface area (Å²) in [6.45, 7) is 9.26. The normalized spacial score (nSPS) is 25.5. The molecule has 86 valence electrons. The van der Waals surface area contributed by atoms with E-state index in [0.717, 1.165) is 11.2 Å². The lowest BCUT2D eigenvalue weighted by atomic mass is 9.75. The van der Waals surface area contributed by atoms with Crippen molar-refractivity contribution in [2.45, 2.75) is 58.0 Å².